The van der Waals surface area contributed by atoms with E-state index in [-0.39, 0.29) is 11.0 Å². The zero-order chi connectivity index (χ0) is 19.6. The Labute approximate surface area is 163 Å². The van der Waals surface area contributed by atoms with Gasteiger partial charge in [-0.2, -0.15) is 0 Å². The second-order valence-electron chi connectivity index (χ2n) is 5.42. The van der Waals surface area contributed by atoms with Crippen LogP contribution < -0.4 is 20.7 Å². The van der Waals surface area contributed by atoms with E-state index in [2.05, 4.69) is 16.0 Å². The number of rotatable bonds is 6. The third-order valence-electron chi connectivity index (χ3n) is 3.55. The van der Waals surface area contributed by atoms with Crippen molar-refractivity contribution in [3.63, 3.8) is 0 Å². The SMILES string of the molecule is CCNC(=O)c1ccccc1NC(=S)NC(=O)C=Cc1ccccc1OC. The van der Waals surface area contributed by atoms with Gasteiger partial charge in [-0.05, 0) is 43.4 Å². The maximum absolute atomic E-state index is 12.1. The van der Waals surface area contributed by atoms with Crippen LogP contribution in [0.3, 0.4) is 0 Å². The third kappa shape index (κ3) is 5.93. The van der Waals surface area contributed by atoms with Crippen molar-refractivity contribution in [3.8, 4) is 5.75 Å². The van der Waals surface area contributed by atoms with E-state index in [9.17, 15) is 9.59 Å². The fraction of sp³-hybridized carbons (Fsp3) is 0.150. The summed E-state index contributed by atoms with van der Waals surface area (Å²) in [4.78, 5) is 24.2. The standard InChI is InChI=1S/C20H21N3O3S/c1-3-21-19(25)15-9-5-6-10-16(15)22-20(27)23-18(24)13-12-14-8-4-7-11-17(14)26-2/h4-13H,3H2,1-2H3,(H,21,25)(H2,22,23,24,27). The monoisotopic (exact) mass is 383 g/mol. The summed E-state index contributed by atoms with van der Waals surface area (Å²) in [6.07, 6.45) is 3.00. The molecule has 0 fully saturated rings. The van der Waals surface area contributed by atoms with E-state index in [0.717, 1.165) is 5.56 Å². The lowest BCUT2D eigenvalue weighted by Gasteiger charge is -2.12. The molecule has 0 saturated carbocycles. The van der Waals surface area contributed by atoms with Crippen LogP contribution in [0.2, 0.25) is 0 Å². The van der Waals surface area contributed by atoms with Crippen molar-refractivity contribution in [2.45, 2.75) is 6.92 Å². The first kappa shape index (κ1) is 20.1. The van der Waals surface area contributed by atoms with Crippen LogP contribution in [-0.2, 0) is 4.79 Å². The van der Waals surface area contributed by atoms with Gasteiger partial charge in [0, 0.05) is 18.2 Å². The highest BCUT2D eigenvalue weighted by molar-refractivity contribution is 7.80. The van der Waals surface area contributed by atoms with Crippen molar-refractivity contribution in [3.05, 3.63) is 65.7 Å². The van der Waals surface area contributed by atoms with Gasteiger partial charge in [-0.1, -0.05) is 30.3 Å². The number of para-hydroxylation sites is 2. The fourth-order valence-corrected chi connectivity index (χ4v) is 2.53. The molecule has 7 heteroatoms. The Balaban J connectivity index is 2.01. The minimum atomic E-state index is -0.395. The minimum Gasteiger partial charge on any atom is -0.496 e. The minimum absolute atomic E-state index is 0.0985. The van der Waals surface area contributed by atoms with Crippen molar-refractivity contribution >= 4 is 40.9 Å². The topological polar surface area (TPSA) is 79.5 Å². The van der Waals surface area contributed by atoms with Crippen LogP contribution >= 0.6 is 12.2 Å². The zero-order valence-corrected chi connectivity index (χ0v) is 15.9. The van der Waals surface area contributed by atoms with E-state index < -0.39 is 5.91 Å². The van der Waals surface area contributed by atoms with Crippen LogP contribution in [0.25, 0.3) is 6.08 Å². The predicted octanol–water partition coefficient (Wildman–Crippen LogP) is 2.97. The third-order valence-corrected chi connectivity index (χ3v) is 3.75. The Kier molecular flexibility index (Phi) is 7.51. The zero-order valence-electron chi connectivity index (χ0n) is 15.1. The number of benzene rings is 2. The van der Waals surface area contributed by atoms with Gasteiger partial charge in [-0.15, -0.1) is 0 Å². The number of carbonyl (C=O) groups excluding carboxylic acids is 2. The summed E-state index contributed by atoms with van der Waals surface area (Å²) in [6, 6.07) is 14.3. The van der Waals surface area contributed by atoms with Crippen LogP contribution in [0.1, 0.15) is 22.8 Å². The van der Waals surface area contributed by atoms with E-state index in [1.165, 1.54) is 6.08 Å². The molecule has 0 heterocycles. The molecule has 0 aliphatic heterocycles. The highest BCUT2D eigenvalue weighted by Gasteiger charge is 2.11. The molecule has 6 nitrogen and oxygen atoms in total. The first-order valence-corrected chi connectivity index (χ1v) is 8.76. The lowest BCUT2D eigenvalue weighted by atomic mass is 10.1. The smallest absolute Gasteiger partial charge is 0.253 e. The van der Waals surface area contributed by atoms with Crippen molar-refractivity contribution < 1.29 is 14.3 Å². The molecule has 3 N–H and O–H groups in total. The summed E-state index contributed by atoms with van der Waals surface area (Å²) in [5.41, 5.74) is 1.73. The maximum Gasteiger partial charge on any atom is 0.253 e. The van der Waals surface area contributed by atoms with Gasteiger partial charge in [-0.25, -0.2) is 0 Å². The fourth-order valence-electron chi connectivity index (χ4n) is 2.32. The molecular formula is C20H21N3O3S. The molecule has 0 radical (unpaired) electrons. The molecule has 2 rings (SSSR count). The quantitative estimate of drug-likeness (QED) is 0.528. The van der Waals surface area contributed by atoms with Crippen molar-refractivity contribution in [2.24, 2.45) is 0 Å². The van der Waals surface area contributed by atoms with Gasteiger partial charge in [0.15, 0.2) is 5.11 Å². The molecule has 0 saturated heterocycles. The lowest BCUT2D eigenvalue weighted by molar-refractivity contribution is -0.115. The molecule has 0 aromatic heterocycles. The number of carbonyl (C=O) groups is 2. The Morgan fingerprint density at radius 3 is 2.56 bits per heavy atom. The Morgan fingerprint density at radius 1 is 1.11 bits per heavy atom. The van der Waals surface area contributed by atoms with Gasteiger partial charge in [0.1, 0.15) is 5.75 Å². The summed E-state index contributed by atoms with van der Waals surface area (Å²) in [5, 5.41) is 8.27. The molecule has 0 unspecified atom stereocenters. The van der Waals surface area contributed by atoms with Gasteiger partial charge < -0.3 is 15.4 Å². The molecule has 140 valence electrons. The number of hydrogen-bond acceptors (Lipinski definition) is 4. The van der Waals surface area contributed by atoms with E-state index in [4.69, 9.17) is 17.0 Å². The Morgan fingerprint density at radius 2 is 1.81 bits per heavy atom. The van der Waals surface area contributed by atoms with Crippen molar-refractivity contribution in [1.82, 2.24) is 10.6 Å². The average Bonchev–Trinajstić information content (AvgIpc) is 2.67. The molecule has 2 amide bonds. The number of thiocarbonyl (C=S) groups is 1. The highest BCUT2D eigenvalue weighted by atomic mass is 32.1. The first-order valence-electron chi connectivity index (χ1n) is 8.35. The predicted molar refractivity (Wildman–Crippen MR) is 111 cm³/mol. The van der Waals surface area contributed by atoms with Gasteiger partial charge in [0.2, 0.25) is 5.91 Å². The number of nitrogens with one attached hydrogen (secondary N) is 3. The Bertz CT molecular complexity index is 865. The van der Waals surface area contributed by atoms with Crippen LogP contribution in [-0.4, -0.2) is 30.6 Å². The molecule has 2 aromatic rings. The molecule has 2 aromatic carbocycles. The number of methoxy groups -OCH3 is 1. The van der Waals surface area contributed by atoms with Gasteiger partial charge in [0.05, 0.1) is 18.4 Å². The summed E-state index contributed by atoms with van der Waals surface area (Å²) in [6.45, 7) is 2.36. The van der Waals surface area contributed by atoms with Gasteiger partial charge in [-0.3, -0.25) is 14.9 Å². The summed E-state index contributed by atoms with van der Waals surface area (Å²) in [5.74, 6) is 0.0535. The average molecular weight is 383 g/mol. The normalized spacial score (nSPS) is 10.3. The number of anilines is 1. The van der Waals surface area contributed by atoms with Crippen molar-refractivity contribution in [1.29, 1.82) is 0 Å². The lowest BCUT2D eigenvalue weighted by Crippen LogP contribution is -2.34. The number of hydrogen-bond donors (Lipinski definition) is 3. The van der Waals surface area contributed by atoms with Gasteiger partial charge >= 0.3 is 0 Å². The molecular weight excluding hydrogens is 362 g/mol. The molecule has 0 spiro atoms. The number of ether oxygens (including phenoxy) is 1. The maximum atomic E-state index is 12.1. The van der Waals surface area contributed by atoms with Crippen LogP contribution in [0, 0.1) is 0 Å². The van der Waals surface area contributed by atoms with Crippen LogP contribution in [0.4, 0.5) is 5.69 Å². The van der Waals surface area contributed by atoms with E-state index in [0.29, 0.717) is 23.5 Å². The molecule has 0 aliphatic carbocycles. The Hall–Kier alpha value is -3.19. The summed E-state index contributed by atoms with van der Waals surface area (Å²) in [7, 11) is 1.57. The number of amides is 2. The molecule has 0 atom stereocenters. The first-order chi connectivity index (χ1) is 13.0. The second-order valence-corrected chi connectivity index (χ2v) is 5.83. The highest BCUT2D eigenvalue weighted by Crippen LogP contribution is 2.18. The van der Waals surface area contributed by atoms with E-state index in [1.807, 2.05) is 31.2 Å². The van der Waals surface area contributed by atoms with Gasteiger partial charge in [0.25, 0.3) is 5.91 Å². The second kappa shape index (κ2) is 10.1. The van der Waals surface area contributed by atoms with E-state index in [1.54, 1.807) is 37.5 Å². The van der Waals surface area contributed by atoms with Crippen LogP contribution in [0.5, 0.6) is 5.75 Å². The summed E-state index contributed by atoms with van der Waals surface area (Å²) < 4.78 is 5.23. The van der Waals surface area contributed by atoms with Crippen molar-refractivity contribution in [2.75, 3.05) is 19.0 Å². The largest absolute Gasteiger partial charge is 0.496 e. The molecule has 27 heavy (non-hydrogen) atoms. The van der Waals surface area contributed by atoms with Crippen LogP contribution in [0.15, 0.2) is 54.6 Å². The molecule has 0 aliphatic rings. The molecule has 0 bridgehead atoms. The summed E-state index contributed by atoms with van der Waals surface area (Å²) >= 11 is 5.17. The van der Waals surface area contributed by atoms with E-state index >= 15 is 0 Å².